The van der Waals surface area contributed by atoms with Crippen LogP contribution in [0.5, 0.6) is 11.5 Å². The third-order valence-electron chi connectivity index (χ3n) is 12.5. The Morgan fingerprint density at radius 3 is 1.47 bits per heavy atom. The first-order valence-corrected chi connectivity index (χ1v) is 21.5. The van der Waals surface area contributed by atoms with E-state index in [1.807, 2.05) is 102 Å². The van der Waals surface area contributed by atoms with Gasteiger partial charge < -0.3 is 28.1 Å². The van der Waals surface area contributed by atoms with Gasteiger partial charge in [0.05, 0.1) is 53.5 Å². The van der Waals surface area contributed by atoms with Crippen LogP contribution in [0.2, 0.25) is 0 Å². The summed E-state index contributed by atoms with van der Waals surface area (Å²) in [5.41, 5.74) is 7.24. The lowest BCUT2D eigenvalue weighted by Crippen LogP contribution is -2.41. The lowest BCUT2D eigenvalue weighted by atomic mass is 9.77. The highest BCUT2D eigenvalue weighted by Crippen LogP contribution is 2.39. The number of fused-ring (bicyclic) bond motifs is 2. The molecule has 9 rings (SSSR count). The van der Waals surface area contributed by atoms with Crippen molar-refractivity contribution in [1.29, 1.82) is 0 Å². The second kappa shape index (κ2) is 17.7. The van der Waals surface area contributed by atoms with Crippen LogP contribution >= 0.6 is 0 Å². The van der Waals surface area contributed by atoms with E-state index in [-0.39, 0.29) is 11.2 Å². The molecule has 0 atom stereocenters. The van der Waals surface area contributed by atoms with Crippen molar-refractivity contribution >= 4 is 46.8 Å². The summed E-state index contributed by atoms with van der Waals surface area (Å²) in [6.45, 7) is 20.4. The summed E-state index contributed by atoms with van der Waals surface area (Å²) < 4.78 is 36.3. The molecule has 7 aromatic rings. The summed E-state index contributed by atoms with van der Waals surface area (Å²) in [5.74, 6) is 1.46. The number of pyridine rings is 2. The number of ether oxygens (including phenoxy) is 2. The Balaban J connectivity index is 0.000000183. The molecule has 5 aromatic carbocycles. The Hall–Kier alpha value is -5.51. The van der Waals surface area contributed by atoms with Crippen LogP contribution in [0.4, 0.5) is 0 Å². The number of hydrogen-bond donors (Lipinski definition) is 0. The summed E-state index contributed by atoms with van der Waals surface area (Å²) >= 11 is 0. The van der Waals surface area contributed by atoms with Crippen molar-refractivity contribution in [2.75, 3.05) is 14.2 Å². The lowest BCUT2D eigenvalue weighted by Gasteiger charge is -2.32. The van der Waals surface area contributed by atoms with Crippen LogP contribution < -0.4 is 20.4 Å². The zero-order valence-corrected chi connectivity index (χ0v) is 38.2. The molecule has 0 saturated carbocycles. The average Bonchev–Trinajstić information content (AvgIpc) is 3.65. The standard InChI is InChI=1S/C28H28BNO3.C22H24BNO3.C2H6/c1-27(2)28(3,4)33-29(32-27)23-16-15-20(17-26(23)31-5)25-18-22(19-11-7-6-8-12-19)21-13-9-10-14-24(21)30-25;1-21(2)22(3,4)27-23(26-21)18-11-10-16(13-20(18)25-5)19-12-15-8-6-7-9-17(15)14-24-19;1-2/h6-18H,1-5H3;6-14H,1-5H3;1-2H3. The maximum Gasteiger partial charge on any atom is 0.498 e. The van der Waals surface area contributed by atoms with Gasteiger partial charge in [0.1, 0.15) is 11.5 Å². The zero-order valence-electron chi connectivity index (χ0n) is 38.2. The molecule has 2 fully saturated rings. The minimum atomic E-state index is -0.483. The quantitative estimate of drug-likeness (QED) is 0.147. The molecule has 2 saturated heterocycles. The van der Waals surface area contributed by atoms with Crippen molar-refractivity contribution in [2.24, 2.45) is 0 Å². The maximum absolute atomic E-state index is 6.25. The van der Waals surface area contributed by atoms with Crippen molar-refractivity contribution in [3.8, 4) is 45.1 Å². The van der Waals surface area contributed by atoms with Crippen LogP contribution in [0.25, 0.3) is 55.3 Å². The Bertz CT molecular complexity index is 2650. The zero-order chi connectivity index (χ0) is 44.5. The predicted octanol–water partition coefficient (Wildman–Crippen LogP) is 11.1. The van der Waals surface area contributed by atoms with Crippen LogP contribution in [0.3, 0.4) is 0 Å². The highest BCUT2D eigenvalue weighted by Gasteiger charge is 2.53. The smallest absolute Gasteiger partial charge is 0.497 e. The summed E-state index contributed by atoms with van der Waals surface area (Å²) in [7, 11) is 2.41. The normalized spacial score (nSPS) is 16.9. The van der Waals surface area contributed by atoms with Gasteiger partial charge >= 0.3 is 14.2 Å². The molecule has 0 bridgehead atoms. The lowest BCUT2D eigenvalue weighted by molar-refractivity contribution is 0.00578. The van der Waals surface area contributed by atoms with Crippen LogP contribution in [0, 0.1) is 0 Å². The summed E-state index contributed by atoms with van der Waals surface area (Å²) in [4.78, 5) is 9.57. The molecule has 318 valence electrons. The topological polar surface area (TPSA) is 81.2 Å². The average molecular weight is 829 g/mol. The van der Waals surface area contributed by atoms with Gasteiger partial charge in [-0.2, -0.15) is 0 Å². The molecule has 8 nitrogen and oxygen atoms in total. The molecule has 0 unspecified atom stereocenters. The van der Waals surface area contributed by atoms with E-state index in [0.717, 1.165) is 77.7 Å². The minimum absolute atomic E-state index is 0.388. The van der Waals surface area contributed by atoms with E-state index >= 15 is 0 Å². The number of nitrogens with zero attached hydrogens (tertiary/aromatic N) is 2. The minimum Gasteiger partial charge on any atom is -0.497 e. The Morgan fingerprint density at radius 2 is 0.935 bits per heavy atom. The fourth-order valence-electron chi connectivity index (χ4n) is 7.49. The van der Waals surface area contributed by atoms with Crippen LogP contribution in [-0.4, -0.2) is 60.8 Å². The highest BCUT2D eigenvalue weighted by atomic mass is 16.7. The van der Waals surface area contributed by atoms with Gasteiger partial charge in [0.15, 0.2) is 0 Å². The van der Waals surface area contributed by atoms with E-state index in [4.69, 9.17) is 33.1 Å². The van der Waals surface area contributed by atoms with Crippen LogP contribution in [0.1, 0.15) is 69.2 Å². The number of rotatable bonds is 7. The van der Waals surface area contributed by atoms with Gasteiger partial charge in [-0.25, -0.2) is 4.98 Å². The third-order valence-corrected chi connectivity index (χ3v) is 12.5. The fraction of sp³-hybridized carbons (Fsp3) is 0.308. The van der Waals surface area contributed by atoms with Gasteiger partial charge in [0.25, 0.3) is 0 Å². The first-order valence-electron chi connectivity index (χ1n) is 21.5. The largest absolute Gasteiger partial charge is 0.498 e. The number of para-hydroxylation sites is 1. The van der Waals surface area contributed by atoms with Gasteiger partial charge in [-0.15, -0.1) is 0 Å². The fourth-order valence-corrected chi connectivity index (χ4v) is 7.49. The first kappa shape index (κ1) is 44.5. The number of benzene rings is 5. The van der Waals surface area contributed by atoms with Gasteiger partial charge in [0.2, 0.25) is 0 Å². The molecular formula is C52H58B2N2O6. The second-order valence-corrected chi connectivity index (χ2v) is 17.4. The van der Waals surface area contributed by atoms with Crippen LogP contribution in [-0.2, 0) is 18.6 Å². The van der Waals surface area contributed by atoms with Gasteiger partial charge in [-0.3, -0.25) is 4.98 Å². The predicted molar refractivity (Wildman–Crippen MR) is 256 cm³/mol. The molecular weight excluding hydrogens is 770 g/mol. The van der Waals surface area contributed by atoms with Gasteiger partial charge in [-0.1, -0.05) is 111 Å². The Labute approximate surface area is 368 Å². The molecule has 10 heteroatoms. The van der Waals surface area contributed by atoms with Crippen molar-refractivity contribution in [2.45, 2.75) is 91.6 Å². The van der Waals surface area contributed by atoms with Crippen LogP contribution in [0.15, 0.2) is 134 Å². The summed E-state index contributed by atoms with van der Waals surface area (Å²) in [6.07, 6.45) is 1.90. The van der Waals surface area contributed by atoms with E-state index in [0.29, 0.717) is 0 Å². The third kappa shape index (κ3) is 8.75. The molecule has 4 heterocycles. The molecule has 62 heavy (non-hydrogen) atoms. The second-order valence-electron chi connectivity index (χ2n) is 17.4. The summed E-state index contributed by atoms with van der Waals surface area (Å²) in [5, 5.41) is 3.42. The van der Waals surface area contributed by atoms with Crippen molar-refractivity contribution in [1.82, 2.24) is 9.97 Å². The highest BCUT2D eigenvalue weighted by molar-refractivity contribution is 6.63. The number of hydrogen-bond acceptors (Lipinski definition) is 8. The monoisotopic (exact) mass is 828 g/mol. The molecule has 2 aliphatic rings. The molecule has 2 aromatic heterocycles. The molecule has 0 amide bonds. The maximum atomic E-state index is 6.25. The van der Waals surface area contributed by atoms with E-state index in [2.05, 4.69) is 105 Å². The molecule has 2 aliphatic heterocycles. The first-order chi connectivity index (χ1) is 29.6. The SMILES string of the molecule is CC.COc1cc(-c2cc(-c3ccccc3)c3ccccc3n2)ccc1B1OC(C)(C)C(C)(C)O1.COc1cc(-c2cc3ccccc3cn2)ccc1B1OC(C)(C)C(C)(C)O1. The van der Waals surface area contributed by atoms with Crippen molar-refractivity contribution in [3.63, 3.8) is 0 Å². The van der Waals surface area contributed by atoms with Crippen molar-refractivity contribution < 1.29 is 28.1 Å². The number of methoxy groups -OCH3 is 2. The Morgan fingerprint density at radius 1 is 0.468 bits per heavy atom. The van der Waals surface area contributed by atoms with E-state index in [1.54, 1.807) is 14.2 Å². The van der Waals surface area contributed by atoms with E-state index in [9.17, 15) is 0 Å². The van der Waals surface area contributed by atoms with Gasteiger partial charge in [0, 0.05) is 39.0 Å². The molecule has 0 N–H and O–H groups in total. The van der Waals surface area contributed by atoms with E-state index in [1.165, 1.54) is 0 Å². The Kier molecular flexibility index (Phi) is 12.7. The molecule has 0 aliphatic carbocycles. The molecule has 0 radical (unpaired) electrons. The van der Waals surface area contributed by atoms with E-state index < -0.39 is 25.4 Å². The number of aromatic nitrogens is 2. The van der Waals surface area contributed by atoms with Gasteiger partial charge in [-0.05, 0) is 102 Å². The van der Waals surface area contributed by atoms with Crippen molar-refractivity contribution in [3.05, 3.63) is 134 Å². The summed E-state index contributed by atoms with van der Waals surface area (Å²) in [6, 6.07) is 43.3. The molecule has 0 spiro atoms.